The van der Waals surface area contributed by atoms with Gasteiger partial charge in [-0.15, -0.1) is 0 Å². The molecule has 8 nitrogen and oxygen atoms in total. The number of anilines is 1. The highest BCUT2D eigenvalue weighted by atomic mass is 16.2. The Morgan fingerprint density at radius 2 is 1.86 bits per heavy atom. The molecule has 1 spiro atoms. The zero-order valence-corrected chi connectivity index (χ0v) is 16.1. The number of rotatable bonds is 3. The number of amides is 4. The molecule has 1 aliphatic carbocycles. The number of piperidine rings is 2. The van der Waals surface area contributed by atoms with Crippen LogP contribution in [0.4, 0.5) is 5.69 Å². The third-order valence-electron chi connectivity index (χ3n) is 6.73. The van der Waals surface area contributed by atoms with Gasteiger partial charge in [0.2, 0.25) is 11.8 Å². The Balaban J connectivity index is 1.30. The molecule has 1 unspecified atom stereocenters. The standard InChI is InChI=1S/C21H24N4O4/c26-17-5-4-16(18(27)24-17)25-19(28)14-3-2-12(8-15(14)20(25)29)23-13-9-21(10-13)6-1-7-22-11-21/h2-3,8,13,16,22-23H,1,4-7,9-11H2,(H,24,26,27). The van der Waals surface area contributed by atoms with Crippen molar-refractivity contribution in [2.24, 2.45) is 5.41 Å². The van der Waals surface area contributed by atoms with Crippen molar-refractivity contribution in [2.45, 2.75) is 50.6 Å². The number of nitrogens with zero attached hydrogens (tertiary/aromatic N) is 1. The Bertz CT molecular complexity index is 913. The lowest BCUT2D eigenvalue weighted by Crippen LogP contribution is -2.54. The molecule has 4 amide bonds. The van der Waals surface area contributed by atoms with Crippen LogP contribution in [0.3, 0.4) is 0 Å². The summed E-state index contributed by atoms with van der Waals surface area (Å²) in [6.07, 6.45) is 4.97. The zero-order valence-electron chi connectivity index (χ0n) is 16.1. The summed E-state index contributed by atoms with van der Waals surface area (Å²) in [6.45, 7) is 2.17. The molecule has 5 rings (SSSR count). The molecule has 8 heteroatoms. The van der Waals surface area contributed by atoms with E-state index in [-0.39, 0.29) is 18.7 Å². The number of benzene rings is 1. The maximum atomic E-state index is 12.9. The SMILES string of the molecule is O=C1CCC(N2C(=O)c3ccc(NC4CC5(CCCNC5)C4)cc3C2=O)C(=O)N1. The third kappa shape index (κ3) is 3.02. The van der Waals surface area contributed by atoms with Crippen LogP contribution in [0, 0.1) is 5.41 Å². The summed E-state index contributed by atoms with van der Waals surface area (Å²) < 4.78 is 0. The predicted octanol–water partition coefficient (Wildman–Crippen LogP) is 1.03. The average Bonchev–Trinajstić information content (AvgIpc) is 2.92. The maximum Gasteiger partial charge on any atom is 0.262 e. The number of hydrogen-bond donors (Lipinski definition) is 3. The Hall–Kier alpha value is -2.74. The lowest BCUT2D eigenvalue weighted by molar-refractivity contribution is -0.136. The van der Waals surface area contributed by atoms with Crippen LogP contribution >= 0.6 is 0 Å². The Labute approximate surface area is 168 Å². The first kappa shape index (κ1) is 18.3. The van der Waals surface area contributed by atoms with Gasteiger partial charge in [-0.2, -0.15) is 0 Å². The minimum atomic E-state index is -0.929. The molecular formula is C21H24N4O4. The first-order chi connectivity index (χ1) is 14.0. The molecular weight excluding hydrogens is 372 g/mol. The van der Waals surface area contributed by atoms with Gasteiger partial charge in [-0.05, 0) is 62.3 Å². The normalized spacial score (nSPS) is 31.5. The summed E-state index contributed by atoms with van der Waals surface area (Å²) in [5.74, 6) is -1.90. The summed E-state index contributed by atoms with van der Waals surface area (Å²) in [5, 5.41) is 9.18. The second-order valence-corrected chi connectivity index (χ2v) is 8.74. The number of nitrogens with one attached hydrogen (secondary N) is 3. The van der Waals surface area contributed by atoms with Crippen LogP contribution in [-0.2, 0) is 9.59 Å². The summed E-state index contributed by atoms with van der Waals surface area (Å²) in [5.41, 5.74) is 1.85. The number of fused-ring (bicyclic) bond motifs is 1. The van der Waals surface area contributed by atoms with Crippen LogP contribution < -0.4 is 16.0 Å². The Kier molecular flexibility index (Phi) is 4.20. The van der Waals surface area contributed by atoms with Crippen molar-refractivity contribution in [3.05, 3.63) is 29.3 Å². The molecule has 0 aromatic heterocycles. The van der Waals surface area contributed by atoms with Gasteiger partial charge in [0.05, 0.1) is 11.1 Å². The van der Waals surface area contributed by atoms with Gasteiger partial charge in [0.25, 0.3) is 11.8 Å². The predicted molar refractivity (Wildman–Crippen MR) is 104 cm³/mol. The summed E-state index contributed by atoms with van der Waals surface area (Å²) in [6, 6.07) is 4.63. The minimum absolute atomic E-state index is 0.120. The molecule has 1 aromatic carbocycles. The van der Waals surface area contributed by atoms with Gasteiger partial charge in [0, 0.05) is 24.7 Å². The molecule has 1 aromatic rings. The van der Waals surface area contributed by atoms with E-state index in [1.54, 1.807) is 12.1 Å². The topological polar surface area (TPSA) is 108 Å². The van der Waals surface area contributed by atoms with E-state index in [4.69, 9.17) is 0 Å². The Morgan fingerprint density at radius 3 is 2.59 bits per heavy atom. The van der Waals surface area contributed by atoms with Gasteiger partial charge < -0.3 is 10.6 Å². The lowest BCUT2D eigenvalue weighted by Gasteiger charge is -2.50. The number of imide groups is 2. The zero-order chi connectivity index (χ0) is 20.2. The van der Waals surface area contributed by atoms with Gasteiger partial charge in [-0.1, -0.05) is 0 Å². The number of hydrogen-bond acceptors (Lipinski definition) is 6. The quantitative estimate of drug-likeness (QED) is 0.659. The van der Waals surface area contributed by atoms with Crippen molar-refractivity contribution in [1.82, 2.24) is 15.5 Å². The van der Waals surface area contributed by atoms with E-state index < -0.39 is 23.8 Å². The minimum Gasteiger partial charge on any atom is -0.382 e. The van der Waals surface area contributed by atoms with Crippen LogP contribution in [0.1, 0.15) is 59.2 Å². The van der Waals surface area contributed by atoms with Crippen molar-refractivity contribution >= 4 is 29.3 Å². The van der Waals surface area contributed by atoms with Crippen LogP contribution in [-0.4, -0.2) is 53.7 Å². The molecule has 152 valence electrons. The van der Waals surface area contributed by atoms with E-state index in [1.165, 1.54) is 12.8 Å². The highest BCUT2D eigenvalue weighted by Crippen LogP contribution is 2.47. The van der Waals surface area contributed by atoms with Crippen molar-refractivity contribution in [2.75, 3.05) is 18.4 Å². The van der Waals surface area contributed by atoms with E-state index >= 15 is 0 Å². The summed E-state index contributed by atoms with van der Waals surface area (Å²) in [4.78, 5) is 50.2. The highest BCUT2D eigenvalue weighted by Gasteiger charge is 2.46. The molecule has 3 N–H and O–H groups in total. The first-order valence-electron chi connectivity index (χ1n) is 10.3. The van der Waals surface area contributed by atoms with Gasteiger partial charge in [-0.25, -0.2) is 0 Å². The largest absolute Gasteiger partial charge is 0.382 e. The van der Waals surface area contributed by atoms with Crippen molar-refractivity contribution in [1.29, 1.82) is 0 Å². The fourth-order valence-electron chi connectivity index (χ4n) is 5.26. The molecule has 0 bridgehead atoms. The monoisotopic (exact) mass is 396 g/mol. The number of carbonyl (C=O) groups excluding carboxylic acids is 4. The second-order valence-electron chi connectivity index (χ2n) is 8.74. The molecule has 3 fully saturated rings. The molecule has 29 heavy (non-hydrogen) atoms. The van der Waals surface area contributed by atoms with Crippen LogP contribution in [0.5, 0.6) is 0 Å². The smallest absolute Gasteiger partial charge is 0.262 e. The van der Waals surface area contributed by atoms with Crippen LogP contribution in [0.25, 0.3) is 0 Å². The van der Waals surface area contributed by atoms with Crippen LogP contribution in [0.2, 0.25) is 0 Å². The summed E-state index contributed by atoms with van der Waals surface area (Å²) in [7, 11) is 0. The van der Waals surface area contributed by atoms with E-state index in [2.05, 4.69) is 16.0 Å². The van der Waals surface area contributed by atoms with Crippen LogP contribution in [0.15, 0.2) is 18.2 Å². The maximum absolute atomic E-state index is 12.9. The van der Waals surface area contributed by atoms with Crippen molar-refractivity contribution in [3.8, 4) is 0 Å². The van der Waals surface area contributed by atoms with E-state index in [0.29, 0.717) is 22.6 Å². The van der Waals surface area contributed by atoms with Gasteiger partial charge >= 0.3 is 0 Å². The van der Waals surface area contributed by atoms with Crippen molar-refractivity contribution < 1.29 is 19.2 Å². The molecule has 0 radical (unpaired) electrons. The fraction of sp³-hybridized carbons (Fsp3) is 0.524. The molecule has 1 atom stereocenters. The lowest BCUT2D eigenvalue weighted by atomic mass is 9.62. The fourth-order valence-corrected chi connectivity index (χ4v) is 5.26. The highest BCUT2D eigenvalue weighted by molar-refractivity contribution is 6.23. The average molecular weight is 396 g/mol. The van der Waals surface area contributed by atoms with Gasteiger partial charge in [-0.3, -0.25) is 29.4 Å². The number of carbonyl (C=O) groups is 4. The third-order valence-corrected chi connectivity index (χ3v) is 6.73. The molecule has 3 aliphatic heterocycles. The molecule has 4 aliphatic rings. The van der Waals surface area contributed by atoms with E-state index in [0.717, 1.165) is 36.5 Å². The summed E-state index contributed by atoms with van der Waals surface area (Å²) >= 11 is 0. The van der Waals surface area contributed by atoms with E-state index in [1.807, 2.05) is 6.07 Å². The Morgan fingerprint density at radius 1 is 1.07 bits per heavy atom. The van der Waals surface area contributed by atoms with Gasteiger partial charge in [0.15, 0.2) is 0 Å². The van der Waals surface area contributed by atoms with Gasteiger partial charge in [0.1, 0.15) is 6.04 Å². The van der Waals surface area contributed by atoms with Crippen molar-refractivity contribution in [3.63, 3.8) is 0 Å². The molecule has 1 saturated carbocycles. The molecule has 2 saturated heterocycles. The first-order valence-corrected chi connectivity index (χ1v) is 10.3. The second kappa shape index (κ2) is 6.66. The molecule has 3 heterocycles. The van der Waals surface area contributed by atoms with E-state index in [9.17, 15) is 19.2 Å².